The van der Waals surface area contributed by atoms with Crippen LogP contribution < -0.4 is 10.6 Å². The van der Waals surface area contributed by atoms with Gasteiger partial charge in [0.15, 0.2) is 0 Å². The first kappa shape index (κ1) is 15.1. The number of aliphatic hydroxyl groups excluding tert-OH is 1. The highest BCUT2D eigenvalue weighted by Crippen LogP contribution is 2.37. The minimum Gasteiger partial charge on any atom is -0.396 e. The van der Waals surface area contributed by atoms with Crippen LogP contribution in [0.3, 0.4) is 0 Å². The molecule has 0 heterocycles. The van der Waals surface area contributed by atoms with Gasteiger partial charge in [-0.2, -0.15) is 0 Å². The molecule has 1 aromatic rings. The maximum Gasteiger partial charge on any atom is 0.319 e. The van der Waals surface area contributed by atoms with Gasteiger partial charge in [0.05, 0.1) is 6.61 Å². The third kappa shape index (κ3) is 3.25. The average molecular weight is 297 g/mol. The molecule has 2 amide bonds. The summed E-state index contributed by atoms with van der Waals surface area (Å²) in [4.78, 5) is 12.0. The second kappa shape index (κ2) is 6.02. The standard InChI is InChI=1S/C15H21ClN2O2/c1-10-5-6-11(8-12(10)16)17-14(20)18-13-4-3-7-15(13,2)9-19/h5-6,8,13,19H,3-4,7,9H2,1-2H3,(H2,17,18,20)/t13-,15-/m0/s1. The van der Waals surface area contributed by atoms with Crippen LogP contribution in [0.5, 0.6) is 0 Å². The van der Waals surface area contributed by atoms with Gasteiger partial charge in [-0.3, -0.25) is 0 Å². The van der Waals surface area contributed by atoms with Crippen LogP contribution in [0.4, 0.5) is 10.5 Å². The fourth-order valence-electron chi connectivity index (χ4n) is 2.66. The molecule has 0 radical (unpaired) electrons. The lowest BCUT2D eigenvalue weighted by Crippen LogP contribution is -2.46. The van der Waals surface area contributed by atoms with Crippen molar-refractivity contribution in [1.82, 2.24) is 5.32 Å². The Morgan fingerprint density at radius 3 is 2.95 bits per heavy atom. The predicted octanol–water partition coefficient (Wildman–Crippen LogP) is 3.32. The van der Waals surface area contributed by atoms with E-state index < -0.39 is 0 Å². The quantitative estimate of drug-likeness (QED) is 0.801. The van der Waals surface area contributed by atoms with Crippen molar-refractivity contribution in [2.45, 2.75) is 39.2 Å². The second-order valence-electron chi connectivity index (χ2n) is 5.82. The first-order chi connectivity index (χ1) is 9.44. The summed E-state index contributed by atoms with van der Waals surface area (Å²) in [5.74, 6) is 0. The molecule has 0 saturated heterocycles. The Hall–Kier alpha value is -1.26. The zero-order valence-corrected chi connectivity index (χ0v) is 12.6. The molecule has 2 atom stereocenters. The van der Waals surface area contributed by atoms with E-state index in [2.05, 4.69) is 10.6 Å². The molecule has 1 fully saturated rings. The van der Waals surface area contributed by atoms with Gasteiger partial charge in [0.1, 0.15) is 0 Å². The molecule has 0 aromatic heterocycles. The summed E-state index contributed by atoms with van der Waals surface area (Å²) >= 11 is 6.03. The van der Waals surface area contributed by atoms with Crippen molar-refractivity contribution in [3.05, 3.63) is 28.8 Å². The van der Waals surface area contributed by atoms with Crippen molar-refractivity contribution >= 4 is 23.3 Å². The number of urea groups is 1. The molecular formula is C15H21ClN2O2. The highest BCUT2D eigenvalue weighted by atomic mass is 35.5. The summed E-state index contributed by atoms with van der Waals surface area (Å²) < 4.78 is 0. The van der Waals surface area contributed by atoms with E-state index in [1.165, 1.54) is 0 Å². The van der Waals surface area contributed by atoms with Crippen LogP contribution in [0.15, 0.2) is 18.2 Å². The molecule has 1 aliphatic rings. The molecule has 20 heavy (non-hydrogen) atoms. The molecule has 110 valence electrons. The number of aryl methyl sites for hydroxylation is 1. The fourth-order valence-corrected chi connectivity index (χ4v) is 2.84. The number of carbonyl (C=O) groups excluding carboxylic acids is 1. The number of carbonyl (C=O) groups is 1. The normalized spacial score (nSPS) is 25.5. The number of nitrogens with one attached hydrogen (secondary N) is 2. The summed E-state index contributed by atoms with van der Waals surface area (Å²) in [6.07, 6.45) is 2.86. The molecule has 0 aliphatic heterocycles. The van der Waals surface area contributed by atoms with E-state index in [9.17, 15) is 9.90 Å². The van der Waals surface area contributed by atoms with Gasteiger partial charge in [-0.05, 0) is 37.5 Å². The summed E-state index contributed by atoms with van der Waals surface area (Å²) in [7, 11) is 0. The molecule has 5 heteroatoms. The lowest BCUT2D eigenvalue weighted by Gasteiger charge is -2.30. The van der Waals surface area contributed by atoms with Gasteiger partial charge in [0, 0.05) is 22.2 Å². The molecule has 1 aromatic carbocycles. The molecule has 2 rings (SSSR count). The molecular weight excluding hydrogens is 276 g/mol. The molecule has 0 bridgehead atoms. The molecule has 0 spiro atoms. The zero-order chi connectivity index (χ0) is 14.8. The first-order valence-electron chi connectivity index (χ1n) is 6.89. The largest absolute Gasteiger partial charge is 0.396 e. The minimum atomic E-state index is -0.253. The fraction of sp³-hybridized carbons (Fsp3) is 0.533. The SMILES string of the molecule is Cc1ccc(NC(=O)N[C@H]2CCC[C@@]2(C)CO)cc1Cl. The van der Waals surface area contributed by atoms with Gasteiger partial charge < -0.3 is 15.7 Å². The van der Waals surface area contributed by atoms with Crippen LogP contribution in [0.25, 0.3) is 0 Å². The highest BCUT2D eigenvalue weighted by molar-refractivity contribution is 6.31. The molecule has 0 unspecified atom stereocenters. The van der Waals surface area contributed by atoms with Crippen molar-refractivity contribution in [3.8, 4) is 0 Å². The Kier molecular flexibility index (Phi) is 4.55. The van der Waals surface area contributed by atoms with E-state index in [4.69, 9.17) is 11.6 Å². The number of rotatable bonds is 3. The van der Waals surface area contributed by atoms with E-state index >= 15 is 0 Å². The zero-order valence-electron chi connectivity index (χ0n) is 11.9. The highest BCUT2D eigenvalue weighted by Gasteiger charge is 2.39. The Labute approximate surface area is 124 Å². The topological polar surface area (TPSA) is 61.4 Å². The first-order valence-corrected chi connectivity index (χ1v) is 7.27. The smallest absolute Gasteiger partial charge is 0.319 e. The number of hydrogen-bond donors (Lipinski definition) is 3. The van der Waals surface area contributed by atoms with Gasteiger partial charge in [-0.15, -0.1) is 0 Å². The van der Waals surface area contributed by atoms with Crippen LogP contribution in [0.2, 0.25) is 5.02 Å². The van der Waals surface area contributed by atoms with E-state index in [0.717, 1.165) is 24.8 Å². The third-order valence-corrected chi connectivity index (χ3v) is 4.59. The number of anilines is 1. The van der Waals surface area contributed by atoms with Gasteiger partial charge in [-0.1, -0.05) is 31.0 Å². The molecule has 4 nitrogen and oxygen atoms in total. The van der Waals surface area contributed by atoms with Crippen molar-refractivity contribution in [2.24, 2.45) is 5.41 Å². The van der Waals surface area contributed by atoms with E-state index in [1.807, 2.05) is 26.0 Å². The second-order valence-corrected chi connectivity index (χ2v) is 6.23. The van der Waals surface area contributed by atoms with E-state index in [0.29, 0.717) is 10.7 Å². The van der Waals surface area contributed by atoms with Crippen LogP contribution in [0.1, 0.15) is 31.7 Å². The van der Waals surface area contributed by atoms with E-state index in [-0.39, 0.29) is 24.1 Å². The average Bonchev–Trinajstić information content (AvgIpc) is 2.76. The number of benzene rings is 1. The van der Waals surface area contributed by atoms with Crippen LogP contribution >= 0.6 is 11.6 Å². The molecule has 1 aliphatic carbocycles. The number of hydrogen-bond acceptors (Lipinski definition) is 2. The third-order valence-electron chi connectivity index (χ3n) is 4.18. The number of aliphatic hydroxyl groups is 1. The van der Waals surface area contributed by atoms with Crippen LogP contribution in [-0.4, -0.2) is 23.8 Å². The lowest BCUT2D eigenvalue weighted by atomic mass is 9.86. The van der Waals surface area contributed by atoms with Gasteiger partial charge in [0.2, 0.25) is 0 Å². The van der Waals surface area contributed by atoms with Gasteiger partial charge in [0.25, 0.3) is 0 Å². The summed E-state index contributed by atoms with van der Waals surface area (Å²) in [5, 5.41) is 15.8. The number of halogens is 1. The number of amides is 2. The lowest BCUT2D eigenvalue weighted by molar-refractivity contribution is 0.122. The summed E-state index contributed by atoms with van der Waals surface area (Å²) in [5.41, 5.74) is 1.42. The Morgan fingerprint density at radius 2 is 2.30 bits per heavy atom. The van der Waals surface area contributed by atoms with Gasteiger partial charge in [-0.25, -0.2) is 4.79 Å². The summed E-state index contributed by atoms with van der Waals surface area (Å²) in [6.45, 7) is 4.01. The Morgan fingerprint density at radius 1 is 1.55 bits per heavy atom. The Bertz CT molecular complexity index is 507. The summed E-state index contributed by atoms with van der Waals surface area (Å²) in [6, 6.07) is 5.17. The molecule has 3 N–H and O–H groups in total. The van der Waals surface area contributed by atoms with Crippen LogP contribution in [-0.2, 0) is 0 Å². The van der Waals surface area contributed by atoms with Gasteiger partial charge >= 0.3 is 6.03 Å². The monoisotopic (exact) mass is 296 g/mol. The van der Waals surface area contributed by atoms with Crippen LogP contribution in [0, 0.1) is 12.3 Å². The predicted molar refractivity (Wildman–Crippen MR) is 81.2 cm³/mol. The van der Waals surface area contributed by atoms with Crippen molar-refractivity contribution < 1.29 is 9.90 Å². The maximum atomic E-state index is 12.0. The van der Waals surface area contributed by atoms with E-state index in [1.54, 1.807) is 6.07 Å². The maximum absolute atomic E-state index is 12.0. The molecule has 1 saturated carbocycles. The Balaban J connectivity index is 1.97. The van der Waals surface area contributed by atoms with Crippen molar-refractivity contribution in [1.29, 1.82) is 0 Å². The van der Waals surface area contributed by atoms with Crippen molar-refractivity contribution in [3.63, 3.8) is 0 Å². The van der Waals surface area contributed by atoms with Crippen molar-refractivity contribution in [2.75, 3.05) is 11.9 Å². The minimum absolute atomic E-state index is 0.00780.